The normalized spacial score (nSPS) is 30.8. The van der Waals surface area contributed by atoms with Crippen molar-refractivity contribution in [3.8, 4) is 0 Å². The van der Waals surface area contributed by atoms with E-state index >= 15 is 0 Å². The second kappa shape index (κ2) is 5.03. The fraction of sp³-hybridized carbons (Fsp3) is 1.00. The van der Waals surface area contributed by atoms with Gasteiger partial charge in [-0.25, -0.2) is 0 Å². The highest BCUT2D eigenvalue weighted by Gasteiger charge is 2.32. The molecule has 3 heteroatoms. The summed E-state index contributed by atoms with van der Waals surface area (Å²) in [5.41, 5.74) is 0. The molecule has 0 spiro atoms. The average molecular weight is 223 g/mol. The van der Waals surface area contributed by atoms with Gasteiger partial charge in [0.25, 0.3) is 0 Å². The summed E-state index contributed by atoms with van der Waals surface area (Å²) in [7, 11) is 0. The molecule has 0 atom stereocenters. The molecule has 0 aromatic rings. The van der Waals surface area contributed by atoms with Crippen molar-refractivity contribution in [1.82, 2.24) is 15.1 Å². The van der Waals surface area contributed by atoms with Gasteiger partial charge in [-0.05, 0) is 44.7 Å². The highest BCUT2D eigenvalue weighted by molar-refractivity contribution is 4.88. The first kappa shape index (κ1) is 11.0. The van der Waals surface area contributed by atoms with Crippen LogP contribution in [0.1, 0.15) is 25.7 Å². The second-order valence-electron chi connectivity index (χ2n) is 5.76. The molecular formula is C13H25N3. The molecule has 0 amide bonds. The zero-order valence-corrected chi connectivity index (χ0v) is 10.3. The minimum Gasteiger partial charge on any atom is -0.314 e. The number of nitrogens with zero attached hydrogens (tertiary/aromatic N) is 2. The van der Waals surface area contributed by atoms with Crippen LogP contribution in [0.2, 0.25) is 0 Å². The van der Waals surface area contributed by atoms with E-state index in [0.29, 0.717) is 0 Å². The molecule has 1 aliphatic carbocycles. The first-order valence-electron chi connectivity index (χ1n) is 7.09. The molecule has 0 aromatic carbocycles. The molecule has 0 aromatic heterocycles. The summed E-state index contributed by atoms with van der Waals surface area (Å²) < 4.78 is 0. The van der Waals surface area contributed by atoms with E-state index in [2.05, 4.69) is 15.1 Å². The van der Waals surface area contributed by atoms with Gasteiger partial charge >= 0.3 is 0 Å². The van der Waals surface area contributed by atoms with Crippen LogP contribution in [0.3, 0.4) is 0 Å². The minimum absolute atomic E-state index is 0.980. The molecule has 3 nitrogen and oxygen atoms in total. The molecule has 1 N–H and O–H groups in total. The summed E-state index contributed by atoms with van der Waals surface area (Å²) in [4.78, 5) is 5.39. The van der Waals surface area contributed by atoms with Crippen LogP contribution in [0.25, 0.3) is 0 Å². The van der Waals surface area contributed by atoms with Crippen LogP contribution in [0.4, 0.5) is 0 Å². The molecule has 16 heavy (non-hydrogen) atoms. The third kappa shape index (κ3) is 2.76. The van der Waals surface area contributed by atoms with Crippen molar-refractivity contribution < 1.29 is 0 Å². The second-order valence-corrected chi connectivity index (χ2v) is 5.76. The van der Waals surface area contributed by atoms with Crippen molar-refractivity contribution in [3.63, 3.8) is 0 Å². The summed E-state index contributed by atoms with van der Waals surface area (Å²) in [5.74, 6) is 0.980. The monoisotopic (exact) mass is 223 g/mol. The lowest BCUT2D eigenvalue weighted by atomic mass is 9.96. The lowest BCUT2D eigenvalue weighted by Crippen LogP contribution is -2.47. The number of piperidine rings is 1. The highest BCUT2D eigenvalue weighted by Crippen LogP contribution is 2.30. The number of likely N-dealkylation sites (tertiary alicyclic amines) is 1. The molecule has 2 saturated heterocycles. The molecule has 3 rings (SSSR count). The Kier molecular flexibility index (Phi) is 3.46. The van der Waals surface area contributed by atoms with Crippen LogP contribution in [-0.4, -0.2) is 61.7 Å². The number of piperazine rings is 1. The maximum atomic E-state index is 3.43. The van der Waals surface area contributed by atoms with Crippen molar-refractivity contribution in [2.75, 3.05) is 45.8 Å². The molecule has 92 valence electrons. The van der Waals surface area contributed by atoms with E-state index in [-0.39, 0.29) is 0 Å². The van der Waals surface area contributed by atoms with Crippen molar-refractivity contribution in [1.29, 1.82) is 0 Å². The molecule has 3 fully saturated rings. The Morgan fingerprint density at radius 2 is 1.56 bits per heavy atom. The maximum absolute atomic E-state index is 3.43. The largest absolute Gasteiger partial charge is 0.314 e. The number of rotatable bonds is 3. The summed E-state index contributed by atoms with van der Waals surface area (Å²) in [6.07, 6.45) is 5.84. The van der Waals surface area contributed by atoms with E-state index in [1.54, 1.807) is 0 Å². The molecule has 3 aliphatic rings. The van der Waals surface area contributed by atoms with Gasteiger partial charge < -0.3 is 15.1 Å². The molecule has 2 aliphatic heterocycles. The van der Waals surface area contributed by atoms with Gasteiger partial charge in [0.15, 0.2) is 0 Å². The predicted octanol–water partition coefficient (Wildman–Crippen LogP) is 0.766. The third-order valence-electron chi connectivity index (χ3n) is 4.44. The lowest BCUT2D eigenvalue weighted by molar-refractivity contribution is 0.131. The molecule has 2 heterocycles. The van der Waals surface area contributed by atoms with Gasteiger partial charge in [-0.15, -0.1) is 0 Å². The van der Waals surface area contributed by atoms with E-state index < -0.39 is 0 Å². The van der Waals surface area contributed by atoms with Gasteiger partial charge in [0.05, 0.1) is 0 Å². The van der Waals surface area contributed by atoms with Crippen molar-refractivity contribution in [3.05, 3.63) is 0 Å². The zero-order chi connectivity index (χ0) is 10.8. The Morgan fingerprint density at radius 3 is 2.19 bits per heavy atom. The first-order chi connectivity index (χ1) is 7.92. The Bertz CT molecular complexity index is 213. The van der Waals surface area contributed by atoms with Crippen molar-refractivity contribution >= 4 is 0 Å². The van der Waals surface area contributed by atoms with Crippen LogP contribution in [0.15, 0.2) is 0 Å². The minimum atomic E-state index is 0.980. The van der Waals surface area contributed by atoms with Crippen LogP contribution < -0.4 is 5.32 Å². The van der Waals surface area contributed by atoms with Crippen LogP contribution >= 0.6 is 0 Å². The summed E-state index contributed by atoms with van der Waals surface area (Å²) >= 11 is 0. The Labute approximate surface area is 99.2 Å². The molecule has 0 radical (unpaired) electrons. The first-order valence-corrected chi connectivity index (χ1v) is 7.09. The zero-order valence-electron chi connectivity index (χ0n) is 10.3. The standard InChI is InChI=1S/C13H25N3/c1-2-13(1)16-7-3-12(4-8-16)11-15-9-5-14-6-10-15/h12-14H,1-11H2. The molecule has 0 bridgehead atoms. The number of hydrogen-bond donors (Lipinski definition) is 1. The fourth-order valence-electron chi connectivity index (χ4n) is 3.20. The van der Waals surface area contributed by atoms with E-state index in [4.69, 9.17) is 0 Å². The molecular weight excluding hydrogens is 198 g/mol. The number of hydrogen-bond acceptors (Lipinski definition) is 3. The quantitative estimate of drug-likeness (QED) is 0.762. The van der Waals surface area contributed by atoms with Gasteiger partial charge in [0, 0.05) is 38.8 Å². The van der Waals surface area contributed by atoms with Crippen LogP contribution in [0, 0.1) is 5.92 Å². The van der Waals surface area contributed by atoms with Crippen LogP contribution in [0.5, 0.6) is 0 Å². The summed E-state index contributed by atoms with van der Waals surface area (Å²) in [6, 6.07) is 0.986. The lowest BCUT2D eigenvalue weighted by Gasteiger charge is -2.36. The smallest absolute Gasteiger partial charge is 0.0107 e. The number of nitrogens with one attached hydrogen (secondary N) is 1. The Balaban J connectivity index is 1.39. The highest BCUT2D eigenvalue weighted by atomic mass is 15.2. The van der Waals surface area contributed by atoms with Gasteiger partial charge in [0.1, 0.15) is 0 Å². The topological polar surface area (TPSA) is 18.5 Å². The maximum Gasteiger partial charge on any atom is 0.0107 e. The van der Waals surface area contributed by atoms with E-state index in [1.807, 2.05) is 0 Å². The molecule has 0 unspecified atom stereocenters. The molecule has 1 saturated carbocycles. The van der Waals surface area contributed by atoms with Crippen molar-refractivity contribution in [2.45, 2.75) is 31.7 Å². The van der Waals surface area contributed by atoms with Crippen LogP contribution in [-0.2, 0) is 0 Å². The summed E-state index contributed by atoms with van der Waals surface area (Å²) in [6.45, 7) is 9.04. The average Bonchev–Trinajstić information content (AvgIpc) is 3.15. The SMILES string of the molecule is C1CN(CC2CCN(C3CC3)CC2)CCN1. The van der Waals surface area contributed by atoms with Gasteiger partial charge in [0.2, 0.25) is 0 Å². The van der Waals surface area contributed by atoms with E-state index in [0.717, 1.165) is 12.0 Å². The van der Waals surface area contributed by atoms with E-state index in [9.17, 15) is 0 Å². The Hall–Kier alpha value is -0.120. The fourth-order valence-corrected chi connectivity index (χ4v) is 3.20. The third-order valence-corrected chi connectivity index (χ3v) is 4.44. The van der Waals surface area contributed by atoms with Gasteiger partial charge in [-0.2, -0.15) is 0 Å². The predicted molar refractivity (Wildman–Crippen MR) is 66.6 cm³/mol. The van der Waals surface area contributed by atoms with Gasteiger partial charge in [-0.3, -0.25) is 0 Å². The summed E-state index contributed by atoms with van der Waals surface area (Å²) in [5, 5.41) is 3.43. The van der Waals surface area contributed by atoms with Gasteiger partial charge in [-0.1, -0.05) is 0 Å². The Morgan fingerprint density at radius 1 is 0.875 bits per heavy atom. The van der Waals surface area contributed by atoms with Crippen molar-refractivity contribution in [2.24, 2.45) is 5.92 Å². The van der Waals surface area contributed by atoms with E-state index in [1.165, 1.54) is 71.5 Å².